The van der Waals surface area contributed by atoms with Crippen LogP contribution in [0.3, 0.4) is 0 Å². The zero-order valence-corrected chi connectivity index (χ0v) is 26.4. The third kappa shape index (κ3) is 7.08. The summed E-state index contributed by atoms with van der Waals surface area (Å²) in [5, 5.41) is 13.9. The number of aromatic amines is 1. The molecule has 1 saturated heterocycles. The molecule has 45 heavy (non-hydrogen) atoms. The lowest BCUT2D eigenvalue weighted by atomic mass is 9.94. The second-order valence-corrected chi connectivity index (χ2v) is 13.2. The van der Waals surface area contributed by atoms with E-state index in [4.69, 9.17) is 0 Å². The molecule has 1 amide bonds. The molecule has 3 N–H and O–H groups in total. The van der Waals surface area contributed by atoms with Crippen LogP contribution in [0.15, 0.2) is 35.4 Å². The summed E-state index contributed by atoms with van der Waals surface area (Å²) in [6.07, 6.45) is 1.65. The SMILES string of the molecule is C[C@@H]1CN(c2cc(F)c(-c3ncc(C(O)N(C)C4CCCCC4)s3)cc2NC(=O)c2c[nH]c(=O)cc2C(F)(F)F)C[C@H](C)N1C. The number of rotatable bonds is 7. The van der Waals surface area contributed by atoms with E-state index in [-0.39, 0.29) is 34.4 Å². The van der Waals surface area contributed by atoms with Gasteiger partial charge in [-0.3, -0.25) is 19.4 Å². The molecular weight excluding hydrogens is 612 g/mol. The van der Waals surface area contributed by atoms with Gasteiger partial charge >= 0.3 is 6.18 Å². The van der Waals surface area contributed by atoms with Crippen molar-refractivity contribution in [3.63, 3.8) is 0 Å². The smallest absolute Gasteiger partial charge is 0.373 e. The largest absolute Gasteiger partial charge is 0.417 e. The number of nitrogens with one attached hydrogen (secondary N) is 2. The number of thiazole rings is 1. The number of aromatic nitrogens is 2. The molecule has 1 unspecified atom stereocenters. The number of nitrogens with zero attached hydrogens (tertiary/aromatic N) is 4. The number of carbonyl (C=O) groups is 1. The van der Waals surface area contributed by atoms with Gasteiger partial charge in [0.2, 0.25) is 5.56 Å². The molecule has 5 rings (SSSR count). The van der Waals surface area contributed by atoms with Crippen LogP contribution in [0.4, 0.5) is 28.9 Å². The van der Waals surface area contributed by atoms with E-state index in [0.717, 1.165) is 43.2 Å². The van der Waals surface area contributed by atoms with Gasteiger partial charge in [-0.05, 0) is 46.9 Å². The summed E-state index contributed by atoms with van der Waals surface area (Å²) in [5.74, 6) is -1.74. The summed E-state index contributed by atoms with van der Waals surface area (Å²) in [7, 11) is 3.83. The van der Waals surface area contributed by atoms with Gasteiger partial charge in [-0.15, -0.1) is 11.3 Å². The van der Waals surface area contributed by atoms with Gasteiger partial charge in [0.1, 0.15) is 17.1 Å². The number of pyridine rings is 1. The topological polar surface area (TPSA) is 105 Å². The Balaban J connectivity index is 1.52. The summed E-state index contributed by atoms with van der Waals surface area (Å²) in [6, 6.07) is 3.33. The average molecular weight is 651 g/mol. The van der Waals surface area contributed by atoms with E-state index < -0.39 is 40.8 Å². The van der Waals surface area contributed by atoms with Gasteiger partial charge in [0.15, 0.2) is 0 Å². The highest BCUT2D eigenvalue weighted by molar-refractivity contribution is 7.15. The van der Waals surface area contributed by atoms with E-state index in [2.05, 4.69) is 20.2 Å². The number of anilines is 2. The normalized spacial score (nSPS) is 20.9. The first-order valence-electron chi connectivity index (χ1n) is 15.0. The highest BCUT2D eigenvalue weighted by Crippen LogP contribution is 2.40. The van der Waals surface area contributed by atoms with Crippen molar-refractivity contribution in [2.45, 2.75) is 76.5 Å². The van der Waals surface area contributed by atoms with Gasteiger partial charge in [0.25, 0.3) is 5.91 Å². The molecule has 9 nitrogen and oxygen atoms in total. The van der Waals surface area contributed by atoms with Gasteiger partial charge < -0.3 is 20.3 Å². The van der Waals surface area contributed by atoms with Crippen molar-refractivity contribution < 1.29 is 27.5 Å². The van der Waals surface area contributed by atoms with Gasteiger partial charge in [0.05, 0.1) is 27.4 Å². The third-order valence-electron chi connectivity index (χ3n) is 9.05. The van der Waals surface area contributed by atoms with Crippen molar-refractivity contribution in [1.82, 2.24) is 19.8 Å². The van der Waals surface area contributed by atoms with E-state index in [1.54, 1.807) is 0 Å². The van der Waals surface area contributed by atoms with E-state index in [1.807, 2.05) is 37.7 Å². The van der Waals surface area contributed by atoms with Crippen LogP contribution in [-0.4, -0.2) is 76.1 Å². The first kappa shape index (κ1) is 33.0. The monoisotopic (exact) mass is 650 g/mol. The predicted molar refractivity (Wildman–Crippen MR) is 166 cm³/mol. The standard InChI is InChI=1S/C31H38F4N6O3S/c1-17-15-41(16-18(2)39(17)3)25-12-23(32)20(29-37-14-26(45-29)30(44)40(4)19-8-6-5-7-9-19)10-24(25)38-28(43)21-13-36-27(42)11-22(21)31(33,34)35/h10-14,17-19,30,44H,5-9,15-16H2,1-4H3,(H,36,42)(H,38,43)/t17-,18+,30?. The summed E-state index contributed by atoms with van der Waals surface area (Å²) in [5.41, 5.74) is -2.72. The van der Waals surface area contributed by atoms with Crippen molar-refractivity contribution in [2.75, 3.05) is 37.4 Å². The van der Waals surface area contributed by atoms with Crippen LogP contribution in [-0.2, 0) is 6.18 Å². The molecule has 1 aliphatic carbocycles. The quantitative estimate of drug-likeness (QED) is 0.223. The fraction of sp³-hybridized carbons (Fsp3) is 0.516. The minimum atomic E-state index is -4.96. The molecule has 0 bridgehead atoms. The van der Waals surface area contributed by atoms with Crippen LogP contribution in [0.25, 0.3) is 10.6 Å². The van der Waals surface area contributed by atoms with E-state index in [9.17, 15) is 27.9 Å². The number of hydrogen-bond acceptors (Lipinski definition) is 8. The molecule has 1 saturated carbocycles. The van der Waals surface area contributed by atoms with Crippen LogP contribution in [0.2, 0.25) is 0 Å². The average Bonchev–Trinajstić information content (AvgIpc) is 3.49. The first-order valence-corrected chi connectivity index (χ1v) is 15.8. The number of aliphatic hydroxyl groups excluding tert-OH is 1. The van der Waals surface area contributed by atoms with Gasteiger partial charge in [-0.2, -0.15) is 13.2 Å². The molecule has 3 atom stereocenters. The highest BCUT2D eigenvalue weighted by atomic mass is 32.1. The Labute approximate surface area is 262 Å². The molecule has 0 spiro atoms. The number of alkyl halides is 3. The molecule has 244 valence electrons. The van der Waals surface area contributed by atoms with Crippen LogP contribution in [0.5, 0.6) is 0 Å². The van der Waals surface area contributed by atoms with Crippen molar-refractivity contribution in [1.29, 1.82) is 0 Å². The summed E-state index contributed by atoms with van der Waals surface area (Å²) < 4.78 is 57.2. The van der Waals surface area contributed by atoms with E-state index in [1.165, 1.54) is 24.8 Å². The molecule has 2 aromatic heterocycles. The lowest BCUT2D eigenvalue weighted by Crippen LogP contribution is -2.55. The molecule has 3 heterocycles. The molecule has 14 heteroatoms. The first-order chi connectivity index (χ1) is 21.2. The van der Waals surface area contributed by atoms with Crippen LogP contribution in [0.1, 0.15) is 73.0 Å². The number of amides is 1. The molecular formula is C31H38F4N6O3S. The Bertz CT molecular complexity index is 1580. The molecule has 3 aromatic rings. The number of hydrogen-bond donors (Lipinski definition) is 3. The maximum atomic E-state index is 15.9. The van der Waals surface area contributed by atoms with Crippen LogP contribution in [0, 0.1) is 5.82 Å². The molecule has 2 aliphatic rings. The lowest BCUT2D eigenvalue weighted by molar-refractivity contribution is -0.138. The van der Waals surface area contributed by atoms with Crippen molar-refractivity contribution in [2.24, 2.45) is 0 Å². The summed E-state index contributed by atoms with van der Waals surface area (Å²) >= 11 is 1.11. The number of carbonyl (C=O) groups excluding carboxylic acids is 1. The van der Waals surface area contributed by atoms with Crippen LogP contribution >= 0.6 is 11.3 Å². The maximum Gasteiger partial charge on any atom is 0.417 e. The fourth-order valence-corrected chi connectivity index (χ4v) is 7.16. The Morgan fingerprint density at radius 2 is 1.82 bits per heavy atom. The van der Waals surface area contributed by atoms with Crippen molar-refractivity contribution in [3.05, 3.63) is 62.8 Å². The van der Waals surface area contributed by atoms with Crippen molar-refractivity contribution >= 4 is 28.6 Å². The van der Waals surface area contributed by atoms with E-state index >= 15 is 4.39 Å². The number of likely N-dealkylation sites (N-methyl/N-ethyl adjacent to an activating group) is 1. The lowest BCUT2D eigenvalue weighted by Gasteiger charge is -2.44. The number of benzene rings is 1. The highest BCUT2D eigenvalue weighted by Gasteiger charge is 2.36. The van der Waals surface area contributed by atoms with E-state index in [0.29, 0.717) is 29.7 Å². The predicted octanol–water partition coefficient (Wildman–Crippen LogP) is 5.69. The third-order valence-corrected chi connectivity index (χ3v) is 10.1. The minimum absolute atomic E-state index is 0.0329. The number of H-pyrrole nitrogens is 1. The molecule has 0 radical (unpaired) electrons. The van der Waals surface area contributed by atoms with Crippen LogP contribution < -0.4 is 15.8 Å². The second-order valence-electron chi connectivity index (χ2n) is 12.1. The Morgan fingerprint density at radius 1 is 1.16 bits per heavy atom. The zero-order valence-electron chi connectivity index (χ0n) is 25.6. The summed E-state index contributed by atoms with van der Waals surface area (Å²) in [6.45, 7) is 4.98. The molecule has 2 fully saturated rings. The molecule has 1 aromatic carbocycles. The number of halogens is 4. The van der Waals surface area contributed by atoms with Gasteiger partial charge in [-0.25, -0.2) is 9.37 Å². The maximum absolute atomic E-state index is 15.9. The van der Waals surface area contributed by atoms with Gasteiger partial charge in [-0.1, -0.05) is 19.3 Å². The summed E-state index contributed by atoms with van der Waals surface area (Å²) in [4.78, 5) is 38.0. The number of piperazine rings is 1. The fourth-order valence-electron chi connectivity index (χ4n) is 6.19. The Hall–Kier alpha value is -3.33. The zero-order chi connectivity index (χ0) is 32.6. The van der Waals surface area contributed by atoms with Crippen molar-refractivity contribution in [3.8, 4) is 10.6 Å². The second kappa shape index (κ2) is 13.2. The Kier molecular flexibility index (Phi) is 9.68. The number of aliphatic hydroxyl groups is 1. The molecule has 1 aliphatic heterocycles. The Morgan fingerprint density at radius 3 is 2.47 bits per heavy atom. The van der Waals surface area contributed by atoms with Gasteiger partial charge in [0, 0.05) is 61.3 Å². The minimum Gasteiger partial charge on any atom is -0.373 e.